The predicted molar refractivity (Wildman–Crippen MR) is 91.2 cm³/mol. The minimum atomic E-state index is 0.0399. The van der Waals surface area contributed by atoms with Gasteiger partial charge in [0.2, 0.25) is 24.4 Å². The maximum absolute atomic E-state index is 9.52. The van der Waals surface area contributed by atoms with Crippen molar-refractivity contribution in [1.82, 2.24) is 15.0 Å². The van der Waals surface area contributed by atoms with Gasteiger partial charge in [0.25, 0.3) is 0 Å². The average molecular weight is 340 g/mol. The number of allylic oxidation sites excluding steroid dienone is 1. The first kappa shape index (κ1) is 16.3. The minimum absolute atomic E-state index is 0.0399. The van der Waals surface area contributed by atoms with Crippen molar-refractivity contribution in [3.63, 3.8) is 0 Å². The number of nitrogens with zero attached hydrogens (tertiary/aromatic N) is 5. The number of methoxy groups -OCH3 is 1. The summed E-state index contributed by atoms with van der Waals surface area (Å²) in [6, 6.07) is 5.57. The minimum Gasteiger partial charge on any atom is -0.493 e. The van der Waals surface area contributed by atoms with Crippen LogP contribution in [-0.2, 0) is 0 Å². The Labute approximate surface area is 144 Å². The number of fused-ring (bicyclic) bond motifs is 1. The third-order valence-corrected chi connectivity index (χ3v) is 3.39. The largest absolute Gasteiger partial charge is 0.493 e. The van der Waals surface area contributed by atoms with E-state index in [1.807, 2.05) is 0 Å². The van der Waals surface area contributed by atoms with Gasteiger partial charge in [-0.25, -0.2) is 0 Å². The third-order valence-electron chi connectivity index (χ3n) is 3.39. The molecule has 2 heterocycles. The van der Waals surface area contributed by atoms with Crippen LogP contribution in [0.15, 0.2) is 12.1 Å². The molecule has 0 saturated heterocycles. The number of nitriles is 1. The van der Waals surface area contributed by atoms with E-state index in [1.54, 1.807) is 37.2 Å². The molecule has 0 aliphatic carbocycles. The summed E-state index contributed by atoms with van der Waals surface area (Å²) < 4.78 is 16.1. The number of hydrogen-bond donors (Lipinski definition) is 1. The Bertz CT molecular complexity index is 888. The highest BCUT2D eigenvalue weighted by atomic mass is 16.7. The number of aromatic nitrogens is 3. The molecule has 0 unspecified atom stereocenters. The molecule has 2 aromatic rings. The smallest absolute Gasteiger partial charge is 0.231 e. The summed E-state index contributed by atoms with van der Waals surface area (Å²) in [4.78, 5) is 14.0. The normalized spacial score (nSPS) is 12.6. The van der Waals surface area contributed by atoms with Crippen molar-refractivity contribution in [1.29, 1.82) is 5.26 Å². The molecule has 9 heteroatoms. The molecule has 0 spiro atoms. The van der Waals surface area contributed by atoms with Crippen LogP contribution in [0, 0.1) is 11.3 Å². The number of nitrogen functional groups attached to an aromatic ring is 1. The molecule has 0 atom stereocenters. The van der Waals surface area contributed by atoms with Crippen molar-refractivity contribution in [2.24, 2.45) is 0 Å². The zero-order chi connectivity index (χ0) is 18.0. The van der Waals surface area contributed by atoms with Crippen LogP contribution in [0.5, 0.6) is 17.2 Å². The summed E-state index contributed by atoms with van der Waals surface area (Å²) in [5.41, 5.74) is 6.64. The molecular weight excluding hydrogens is 324 g/mol. The molecule has 3 rings (SSSR count). The molecule has 0 saturated carbocycles. The quantitative estimate of drug-likeness (QED) is 0.821. The van der Waals surface area contributed by atoms with Gasteiger partial charge in [0.1, 0.15) is 6.07 Å². The summed E-state index contributed by atoms with van der Waals surface area (Å²) in [6.45, 7) is 0.125. The van der Waals surface area contributed by atoms with Crippen LogP contribution in [0.25, 0.3) is 11.6 Å². The SMILES string of the molecule is COc1cc(/C=C(\C#N)c2nc(N)nc(N(C)C)n2)cc2c1OCO2. The van der Waals surface area contributed by atoms with Crippen molar-refractivity contribution < 1.29 is 14.2 Å². The van der Waals surface area contributed by atoms with Gasteiger partial charge in [-0.3, -0.25) is 0 Å². The number of rotatable bonds is 4. The zero-order valence-electron chi connectivity index (χ0n) is 14.0. The molecule has 0 radical (unpaired) electrons. The van der Waals surface area contributed by atoms with E-state index in [4.69, 9.17) is 19.9 Å². The van der Waals surface area contributed by atoms with Gasteiger partial charge >= 0.3 is 0 Å². The summed E-state index contributed by atoms with van der Waals surface area (Å²) in [6.07, 6.45) is 1.62. The lowest BCUT2D eigenvalue weighted by molar-refractivity contribution is 0.171. The van der Waals surface area contributed by atoms with Crippen LogP contribution in [0.1, 0.15) is 11.4 Å². The maximum Gasteiger partial charge on any atom is 0.231 e. The van der Waals surface area contributed by atoms with Gasteiger partial charge in [0, 0.05) is 14.1 Å². The molecule has 0 fully saturated rings. The van der Waals surface area contributed by atoms with Crippen LogP contribution < -0.4 is 24.8 Å². The number of hydrogen-bond acceptors (Lipinski definition) is 9. The van der Waals surface area contributed by atoms with Crippen molar-refractivity contribution in [2.45, 2.75) is 0 Å². The van der Waals surface area contributed by atoms with Gasteiger partial charge in [0.05, 0.1) is 12.7 Å². The van der Waals surface area contributed by atoms with E-state index in [0.29, 0.717) is 28.8 Å². The molecule has 1 aliphatic rings. The molecule has 1 aromatic heterocycles. The number of benzene rings is 1. The topological polar surface area (TPSA) is 119 Å². The Morgan fingerprint density at radius 1 is 1.32 bits per heavy atom. The maximum atomic E-state index is 9.52. The van der Waals surface area contributed by atoms with Crippen LogP contribution in [0.4, 0.5) is 11.9 Å². The van der Waals surface area contributed by atoms with Crippen LogP contribution in [0.2, 0.25) is 0 Å². The first-order valence-electron chi connectivity index (χ1n) is 7.30. The Morgan fingerprint density at radius 2 is 2.12 bits per heavy atom. The predicted octanol–water partition coefficient (Wildman–Crippen LogP) is 1.32. The van der Waals surface area contributed by atoms with Gasteiger partial charge in [0.15, 0.2) is 17.3 Å². The first-order valence-corrected chi connectivity index (χ1v) is 7.30. The van der Waals surface area contributed by atoms with Crippen LogP contribution in [-0.4, -0.2) is 43.0 Å². The highest BCUT2D eigenvalue weighted by molar-refractivity contribution is 5.88. The van der Waals surface area contributed by atoms with Crippen molar-refractivity contribution in [3.8, 4) is 23.3 Å². The van der Waals surface area contributed by atoms with E-state index in [-0.39, 0.29) is 24.1 Å². The van der Waals surface area contributed by atoms with Crippen LogP contribution in [0.3, 0.4) is 0 Å². The monoisotopic (exact) mass is 340 g/mol. The molecule has 9 nitrogen and oxygen atoms in total. The molecular formula is C16H16N6O3. The second kappa shape index (κ2) is 6.52. The molecule has 1 aliphatic heterocycles. The molecule has 0 bridgehead atoms. The highest BCUT2D eigenvalue weighted by Gasteiger charge is 2.20. The Morgan fingerprint density at radius 3 is 2.80 bits per heavy atom. The molecule has 1 aromatic carbocycles. The summed E-state index contributed by atoms with van der Waals surface area (Å²) in [5.74, 6) is 2.20. The second-order valence-corrected chi connectivity index (χ2v) is 5.34. The van der Waals surface area contributed by atoms with Gasteiger partial charge < -0.3 is 24.8 Å². The standard InChI is InChI=1S/C16H16N6O3/c1-22(2)16-20-14(19-15(18)21-16)10(7-17)4-9-5-11(23-3)13-12(6-9)24-8-25-13/h4-6H,8H2,1-3H3,(H2,18,19,20,21)/b10-4+. The van der Waals surface area contributed by atoms with E-state index in [1.165, 1.54) is 7.11 Å². The number of anilines is 2. The van der Waals surface area contributed by atoms with E-state index in [2.05, 4.69) is 21.0 Å². The second-order valence-electron chi connectivity index (χ2n) is 5.34. The number of ether oxygens (including phenoxy) is 3. The van der Waals surface area contributed by atoms with Crippen LogP contribution >= 0.6 is 0 Å². The molecule has 128 valence electrons. The van der Waals surface area contributed by atoms with Gasteiger partial charge in [-0.1, -0.05) is 0 Å². The summed E-state index contributed by atoms with van der Waals surface area (Å²) in [5, 5.41) is 9.52. The third kappa shape index (κ3) is 3.23. The van der Waals surface area contributed by atoms with Gasteiger partial charge in [-0.15, -0.1) is 0 Å². The Balaban J connectivity index is 2.06. The van der Waals surface area contributed by atoms with Gasteiger partial charge in [-0.05, 0) is 23.8 Å². The first-order chi connectivity index (χ1) is 12.0. The molecule has 2 N–H and O–H groups in total. The lowest BCUT2D eigenvalue weighted by atomic mass is 10.1. The fourth-order valence-corrected chi connectivity index (χ4v) is 2.25. The lowest BCUT2D eigenvalue weighted by Gasteiger charge is -2.11. The Hall–Kier alpha value is -3.54. The molecule has 0 amide bonds. The lowest BCUT2D eigenvalue weighted by Crippen LogP contribution is -2.15. The van der Waals surface area contributed by atoms with E-state index in [9.17, 15) is 5.26 Å². The Kier molecular flexibility index (Phi) is 4.26. The van der Waals surface area contributed by atoms with Crippen molar-refractivity contribution >= 4 is 23.5 Å². The van der Waals surface area contributed by atoms with E-state index >= 15 is 0 Å². The average Bonchev–Trinajstić information content (AvgIpc) is 3.06. The number of nitrogens with two attached hydrogens (primary N) is 1. The zero-order valence-corrected chi connectivity index (χ0v) is 14.0. The van der Waals surface area contributed by atoms with Gasteiger partial charge in [-0.2, -0.15) is 20.2 Å². The van der Waals surface area contributed by atoms with E-state index < -0.39 is 0 Å². The highest BCUT2D eigenvalue weighted by Crippen LogP contribution is 2.42. The summed E-state index contributed by atoms with van der Waals surface area (Å²) in [7, 11) is 5.08. The van der Waals surface area contributed by atoms with E-state index in [0.717, 1.165) is 0 Å². The van der Waals surface area contributed by atoms with Crippen molar-refractivity contribution in [3.05, 3.63) is 23.5 Å². The van der Waals surface area contributed by atoms with Crippen molar-refractivity contribution in [2.75, 3.05) is 38.6 Å². The fourth-order valence-electron chi connectivity index (χ4n) is 2.25. The summed E-state index contributed by atoms with van der Waals surface area (Å²) >= 11 is 0. The fraction of sp³-hybridized carbons (Fsp3) is 0.250. The molecule has 25 heavy (non-hydrogen) atoms.